The maximum absolute atomic E-state index is 2.90. The number of aromatic nitrogens is 1. The van der Waals surface area contributed by atoms with Crippen LogP contribution in [0.1, 0.15) is 114 Å². The third kappa shape index (κ3) is 2.10. The van der Waals surface area contributed by atoms with E-state index in [1.165, 1.54) is 70.6 Å². The van der Waals surface area contributed by atoms with Gasteiger partial charge in [0, 0.05) is 52.1 Å². The first-order chi connectivity index (χ1) is 15.7. The van der Waals surface area contributed by atoms with Crippen molar-refractivity contribution in [3.8, 4) is 0 Å². The van der Waals surface area contributed by atoms with E-state index in [9.17, 15) is 0 Å². The molecule has 0 N–H and O–H groups in total. The fourth-order valence-corrected chi connectivity index (χ4v) is 10.3. The molecule has 1 aromatic rings. The van der Waals surface area contributed by atoms with Gasteiger partial charge in [0.15, 0.2) is 0 Å². The van der Waals surface area contributed by atoms with Crippen LogP contribution in [0.4, 0.5) is 0 Å². The quantitative estimate of drug-likeness (QED) is 0.487. The second-order valence-electron chi connectivity index (χ2n) is 11.9. The van der Waals surface area contributed by atoms with Crippen molar-refractivity contribution in [1.29, 1.82) is 0 Å². The Morgan fingerprint density at radius 1 is 0.969 bits per heavy atom. The van der Waals surface area contributed by atoms with E-state index in [2.05, 4.69) is 49.3 Å². The van der Waals surface area contributed by atoms with Crippen molar-refractivity contribution in [1.82, 2.24) is 9.47 Å². The topological polar surface area (TPSA) is 8.17 Å². The van der Waals surface area contributed by atoms with Crippen molar-refractivity contribution in [2.75, 3.05) is 0 Å². The molecule has 1 saturated heterocycles. The average molecular weight is 431 g/mol. The highest BCUT2D eigenvalue weighted by atomic mass is 15.3. The summed E-state index contributed by atoms with van der Waals surface area (Å²) in [4.78, 5) is 2.89. The van der Waals surface area contributed by atoms with Gasteiger partial charge in [-0.15, -0.1) is 0 Å². The van der Waals surface area contributed by atoms with Gasteiger partial charge in [0.2, 0.25) is 0 Å². The van der Waals surface area contributed by atoms with E-state index in [1.807, 2.05) is 5.56 Å². The lowest BCUT2D eigenvalue weighted by Crippen LogP contribution is -2.37. The van der Waals surface area contributed by atoms with Gasteiger partial charge in [-0.1, -0.05) is 46.3 Å². The van der Waals surface area contributed by atoms with Crippen LogP contribution in [0.5, 0.6) is 0 Å². The molecule has 7 rings (SSSR count). The fraction of sp³-hybridized carbons (Fsp3) is 0.733. The van der Waals surface area contributed by atoms with E-state index in [4.69, 9.17) is 0 Å². The second kappa shape index (κ2) is 6.80. The highest BCUT2D eigenvalue weighted by molar-refractivity contribution is 5.52. The van der Waals surface area contributed by atoms with E-state index in [-0.39, 0.29) is 0 Å². The summed E-state index contributed by atoms with van der Waals surface area (Å²) in [5.74, 6) is 3.06. The van der Waals surface area contributed by atoms with Crippen LogP contribution < -0.4 is 0 Å². The molecule has 172 valence electrons. The van der Waals surface area contributed by atoms with E-state index in [1.54, 1.807) is 28.3 Å². The van der Waals surface area contributed by atoms with Gasteiger partial charge in [0.1, 0.15) is 0 Å². The predicted octanol–water partition coefficient (Wildman–Crippen LogP) is 7.30. The van der Waals surface area contributed by atoms with E-state index in [0.29, 0.717) is 11.3 Å². The molecule has 0 aromatic carbocycles. The number of nitrogens with zero attached hydrogens (tertiary/aromatic N) is 2. The molecule has 2 nitrogen and oxygen atoms in total. The molecule has 6 heterocycles. The van der Waals surface area contributed by atoms with Crippen LogP contribution in [0.25, 0.3) is 0 Å². The lowest BCUT2D eigenvalue weighted by Gasteiger charge is -2.42. The Hall–Kier alpha value is -1.44. The van der Waals surface area contributed by atoms with Crippen LogP contribution in [0, 0.1) is 23.2 Å². The van der Waals surface area contributed by atoms with Crippen LogP contribution in [-0.4, -0.2) is 15.5 Å². The molecular formula is C30H42N2. The smallest absolute Gasteiger partial charge is 0.0374 e. The van der Waals surface area contributed by atoms with Gasteiger partial charge in [0.25, 0.3) is 0 Å². The minimum atomic E-state index is 0.334. The van der Waals surface area contributed by atoms with Crippen molar-refractivity contribution >= 4 is 0 Å². The van der Waals surface area contributed by atoms with Gasteiger partial charge < -0.3 is 9.47 Å². The first-order valence-electron chi connectivity index (χ1n) is 14.1. The number of rotatable bonds is 4. The van der Waals surface area contributed by atoms with Crippen LogP contribution >= 0.6 is 0 Å². The Morgan fingerprint density at radius 2 is 1.84 bits per heavy atom. The molecule has 2 unspecified atom stereocenters. The fourth-order valence-electron chi connectivity index (χ4n) is 10.3. The maximum atomic E-state index is 2.90. The number of allylic oxidation sites excluding steroid dienone is 3. The van der Waals surface area contributed by atoms with Gasteiger partial charge >= 0.3 is 0 Å². The molecule has 0 spiro atoms. The van der Waals surface area contributed by atoms with E-state index in [0.717, 1.165) is 29.8 Å². The molecule has 0 bridgehead atoms. The SMILES string of the molecule is CCc1c(C2[C@H](C)[C@@H](CC)C3C4=CC[C@H]5CCC=C(N45)[C@]23CC)c2n3c1CCC[C@@H]3CC2. The largest absolute Gasteiger partial charge is 0.345 e. The van der Waals surface area contributed by atoms with Crippen molar-refractivity contribution in [2.45, 2.75) is 116 Å². The monoisotopic (exact) mass is 430 g/mol. The van der Waals surface area contributed by atoms with Crippen molar-refractivity contribution < 1.29 is 0 Å². The molecule has 32 heavy (non-hydrogen) atoms. The Kier molecular flexibility index (Phi) is 4.24. The van der Waals surface area contributed by atoms with Crippen molar-refractivity contribution in [2.24, 2.45) is 23.2 Å². The van der Waals surface area contributed by atoms with Gasteiger partial charge in [0.05, 0.1) is 0 Å². The maximum Gasteiger partial charge on any atom is 0.0374 e. The van der Waals surface area contributed by atoms with Gasteiger partial charge in [-0.25, -0.2) is 0 Å². The van der Waals surface area contributed by atoms with Crippen LogP contribution in [0.15, 0.2) is 23.5 Å². The Morgan fingerprint density at radius 3 is 2.62 bits per heavy atom. The summed E-state index contributed by atoms with van der Waals surface area (Å²) >= 11 is 0. The van der Waals surface area contributed by atoms with Crippen LogP contribution in [0.2, 0.25) is 0 Å². The molecule has 1 aliphatic carbocycles. The van der Waals surface area contributed by atoms with E-state index < -0.39 is 0 Å². The summed E-state index contributed by atoms with van der Waals surface area (Å²) in [7, 11) is 0. The average Bonchev–Trinajstić information content (AvgIpc) is 3.59. The molecule has 2 heteroatoms. The summed E-state index contributed by atoms with van der Waals surface area (Å²) in [6.07, 6.45) is 20.1. The lowest BCUT2D eigenvalue weighted by atomic mass is 9.64. The van der Waals surface area contributed by atoms with E-state index >= 15 is 0 Å². The molecule has 5 aliphatic heterocycles. The number of hydrogen-bond donors (Lipinski definition) is 0. The summed E-state index contributed by atoms with van der Waals surface area (Å²) in [6, 6.07) is 1.58. The molecule has 2 fully saturated rings. The van der Waals surface area contributed by atoms with Crippen molar-refractivity contribution in [3.63, 3.8) is 0 Å². The molecule has 7 atom stereocenters. The first kappa shape index (κ1) is 20.0. The molecule has 1 aromatic heterocycles. The lowest BCUT2D eigenvalue weighted by molar-refractivity contribution is 0.221. The second-order valence-corrected chi connectivity index (χ2v) is 11.9. The highest BCUT2D eigenvalue weighted by Gasteiger charge is 2.68. The van der Waals surface area contributed by atoms with Crippen LogP contribution in [-0.2, 0) is 19.3 Å². The Balaban J connectivity index is 1.50. The Bertz CT molecular complexity index is 1020. The van der Waals surface area contributed by atoms with Crippen LogP contribution in [0.3, 0.4) is 0 Å². The van der Waals surface area contributed by atoms with Gasteiger partial charge in [-0.3, -0.25) is 0 Å². The summed E-state index contributed by atoms with van der Waals surface area (Å²) in [5.41, 5.74) is 11.1. The minimum Gasteiger partial charge on any atom is -0.345 e. The highest BCUT2D eigenvalue weighted by Crippen LogP contribution is 2.74. The molecule has 0 radical (unpaired) electrons. The molecule has 1 saturated carbocycles. The number of hydrogen-bond acceptors (Lipinski definition) is 1. The standard InChI is InChI=1S/C30H42N2/c1-5-21-18(4)28(27-22(6-2)23-12-8-10-19-14-16-24(27)31(19)23)30(7-3)26-13-9-11-20-15-17-25(29(21)30)32(20)26/h13,17-21,28-29H,5-12,14-16H2,1-4H3/t18-,19-,20-,21-,28?,29?,30-/m1/s1. The zero-order valence-corrected chi connectivity index (χ0v) is 20.8. The third-order valence-corrected chi connectivity index (χ3v) is 11.2. The summed E-state index contributed by atoms with van der Waals surface area (Å²) in [5, 5.41) is 0. The third-order valence-electron chi connectivity index (χ3n) is 11.2. The zero-order chi connectivity index (χ0) is 21.8. The minimum absolute atomic E-state index is 0.334. The normalized spacial score (nSPS) is 40.9. The number of fused-ring (bicyclic) bond motifs is 3. The molecular weight excluding hydrogens is 388 g/mol. The zero-order valence-electron chi connectivity index (χ0n) is 20.8. The summed E-state index contributed by atoms with van der Waals surface area (Å²) < 4.78 is 2.90. The summed E-state index contributed by atoms with van der Waals surface area (Å²) in [6.45, 7) is 10.1. The van der Waals surface area contributed by atoms with Gasteiger partial charge in [-0.2, -0.15) is 0 Å². The molecule has 6 aliphatic rings. The van der Waals surface area contributed by atoms with Crippen molar-refractivity contribution in [3.05, 3.63) is 46.1 Å². The Labute approximate surface area is 195 Å². The van der Waals surface area contributed by atoms with Gasteiger partial charge in [-0.05, 0) is 87.2 Å². The predicted molar refractivity (Wildman–Crippen MR) is 132 cm³/mol. The first-order valence-corrected chi connectivity index (χ1v) is 14.1. The molecule has 0 amide bonds.